The van der Waals surface area contributed by atoms with E-state index in [1.807, 2.05) is 0 Å². The van der Waals surface area contributed by atoms with Gasteiger partial charge >= 0.3 is 0 Å². The van der Waals surface area contributed by atoms with Crippen molar-refractivity contribution in [1.82, 2.24) is 0 Å². The predicted molar refractivity (Wildman–Crippen MR) is 57.8 cm³/mol. The summed E-state index contributed by atoms with van der Waals surface area (Å²) in [6, 6.07) is 0. The van der Waals surface area contributed by atoms with E-state index in [-0.39, 0.29) is 9.76 Å². The molecule has 0 bridgehead atoms. The lowest BCUT2D eigenvalue weighted by Crippen LogP contribution is -2.15. The first-order chi connectivity index (χ1) is 6.43. The van der Waals surface area contributed by atoms with E-state index in [1.165, 1.54) is 32.1 Å². The van der Waals surface area contributed by atoms with E-state index in [0.717, 1.165) is 25.7 Å². The molecule has 1 rings (SSSR count). The molecule has 0 aromatic rings. The molecular weight excluding hydrogens is 180 g/mol. The zero-order valence-electron chi connectivity index (χ0n) is 8.76. The molecule has 13 heavy (non-hydrogen) atoms. The lowest BCUT2D eigenvalue weighted by molar-refractivity contribution is 0.0645. The van der Waals surface area contributed by atoms with Gasteiger partial charge in [-0.15, -0.1) is 0 Å². The summed E-state index contributed by atoms with van der Waals surface area (Å²) in [7, 11) is -0.217. The Morgan fingerprint density at radius 1 is 1.15 bits per heavy atom. The normalized spacial score (nSPS) is 20.1. The fourth-order valence-corrected chi connectivity index (χ4v) is 2.27. The molecule has 0 heterocycles. The first-order valence-electron chi connectivity index (χ1n) is 5.59. The SMILES string of the molecule is C[SiH2]OCCOCC1CCCCC1. The van der Waals surface area contributed by atoms with Crippen LogP contribution in [0.1, 0.15) is 32.1 Å². The maximum absolute atomic E-state index is 5.57. The smallest absolute Gasteiger partial charge is 0.158 e. The molecule has 0 atom stereocenters. The zero-order valence-corrected chi connectivity index (χ0v) is 10.2. The monoisotopic (exact) mass is 202 g/mol. The zero-order chi connectivity index (χ0) is 9.36. The maximum atomic E-state index is 5.57. The lowest BCUT2D eigenvalue weighted by Gasteiger charge is -2.21. The van der Waals surface area contributed by atoms with E-state index < -0.39 is 0 Å². The van der Waals surface area contributed by atoms with Gasteiger partial charge in [0.25, 0.3) is 0 Å². The maximum Gasteiger partial charge on any atom is 0.158 e. The van der Waals surface area contributed by atoms with Gasteiger partial charge in [-0.05, 0) is 18.8 Å². The molecule has 1 aliphatic carbocycles. The number of rotatable bonds is 6. The van der Waals surface area contributed by atoms with E-state index in [4.69, 9.17) is 9.16 Å². The van der Waals surface area contributed by atoms with Gasteiger partial charge in [0, 0.05) is 6.61 Å². The van der Waals surface area contributed by atoms with E-state index in [2.05, 4.69) is 6.55 Å². The topological polar surface area (TPSA) is 18.5 Å². The van der Waals surface area contributed by atoms with Gasteiger partial charge in [-0.25, -0.2) is 0 Å². The molecule has 0 radical (unpaired) electrons. The van der Waals surface area contributed by atoms with Crippen LogP contribution in [0, 0.1) is 5.92 Å². The molecule has 0 N–H and O–H groups in total. The molecule has 2 nitrogen and oxygen atoms in total. The second kappa shape index (κ2) is 7.53. The van der Waals surface area contributed by atoms with Crippen molar-refractivity contribution >= 4 is 9.76 Å². The first-order valence-corrected chi connectivity index (χ1v) is 7.58. The predicted octanol–water partition coefficient (Wildman–Crippen LogP) is 1.73. The molecule has 1 aliphatic rings. The van der Waals surface area contributed by atoms with Crippen molar-refractivity contribution in [2.45, 2.75) is 38.7 Å². The molecule has 0 aromatic carbocycles. The van der Waals surface area contributed by atoms with E-state index >= 15 is 0 Å². The van der Waals surface area contributed by atoms with Crippen molar-refractivity contribution in [3.8, 4) is 0 Å². The van der Waals surface area contributed by atoms with Crippen molar-refractivity contribution in [2.24, 2.45) is 5.92 Å². The van der Waals surface area contributed by atoms with Crippen molar-refractivity contribution in [3.05, 3.63) is 0 Å². The second-order valence-corrected chi connectivity index (χ2v) is 4.76. The van der Waals surface area contributed by atoms with Crippen LogP contribution in [0.2, 0.25) is 6.55 Å². The highest BCUT2D eigenvalue weighted by atomic mass is 28.2. The first kappa shape index (κ1) is 11.2. The minimum absolute atomic E-state index is 0.217. The molecule has 0 amide bonds. The molecule has 0 aliphatic heterocycles. The number of hydrogen-bond donors (Lipinski definition) is 0. The molecule has 0 spiro atoms. The Bertz CT molecular complexity index is 113. The van der Waals surface area contributed by atoms with Gasteiger partial charge in [0.05, 0.1) is 13.2 Å². The third-order valence-electron chi connectivity index (χ3n) is 2.65. The summed E-state index contributed by atoms with van der Waals surface area (Å²) in [4.78, 5) is 0. The van der Waals surface area contributed by atoms with Gasteiger partial charge < -0.3 is 9.16 Å². The van der Waals surface area contributed by atoms with Crippen LogP contribution in [0.15, 0.2) is 0 Å². The fraction of sp³-hybridized carbons (Fsp3) is 1.00. The Balaban J connectivity index is 1.86. The molecule has 0 unspecified atom stereocenters. The summed E-state index contributed by atoms with van der Waals surface area (Å²) < 4.78 is 10.9. The average molecular weight is 202 g/mol. The van der Waals surface area contributed by atoms with Crippen LogP contribution in [0.3, 0.4) is 0 Å². The summed E-state index contributed by atoms with van der Waals surface area (Å²) in [5.41, 5.74) is 0. The van der Waals surface area contributed by atoms with E-state index in [1.54, 1.807) is 0 Å². The quantitative estimate of drug-likeness (QED) is 0.482. The van der Waals surface area contributed by atoms with Crippen molar-refractivity contribution in [1.29, 1.82) is 0 Å². The Labute approximate surface area is 83.9 Å². The van der Waals surface area contributed by atoms with Crippen LogP contribution in [0.25, 0.3) is 0 Å². The van der Waals surface area contributed by atoms with Gasteiger partial charge in [0.1, 0.15) is 0 Å². The Hall–Kier alpha value is 0.137. The third-order valence-corrected chi connectivity index (χ3v) is 3.35. The molecule has 3 heteroatoms. The van der Waals surface area contributed by atoms with Crippen LogP contribution < -0.4 is 0 Å². The van der Waals surface area contributed by atoms with Crippen LogP contribution in [0.5, 0.6) is 0 Å². The largest absolute Gasteiger partial charge is 0.422 e. The summed E-state index contributed by atoms with van der Waals surface area (Å²) in [6.45, 7) is 4.74. The summed E-state index contributed by atoms with van der Waals surface area (Å²) in [6.07, 6.45) is 7.01. The van der Waals surface area contributed by atoms with Crippen molar-refractivity contribution in [2.75, 3.05) is 19.8 Å². The van der Waals surface area contributed by atoms with Crippen LogP contribution >= 0.6 is 0 Å². The van der Waals surface area contributed by atoms with Crippen LogP contribution in [-0.2, 0) is 9.16 Å². The van der Waals surface area contributed by atoms with Gasteiger partial charge in [-0.3, -0.25) is 0 Å². The Morgan fingerprint density at radius 2 is 1.92 bits per heavy atom. The molecule has 78 valence electrons. The molecule has 1 saturated carbocycles. The van der Waals surface area contributed by atoms with Gasteiger partial charge in [0.2, 0.25) is 0 Å². The highest BCUT2D eigenvalue weighted by molar-refractivity contribution is 6.24. The average Bonchev–Trinajstić information content (AvgIpc) is 2.19. The molecular formula is C10H22O2Si. The number of hydrogen-bond acceptors (Lipinski definition) is 2. The summed E-state index contributed by atoms with van der Waals surface area (Å²) in [5, 5.41) is 0. The van der Waals surface area contributed by atoms with Gasteiger partial charge in [0.15, 0.2) is 9.76 Å². The summed E-state index contributed by atoms with van der Waals surface area (Å²) >= 11 is 0. The molecule has 0 saturated heterocycles. The van der Waals surface area contributed by atoms with Crippen molar-refractivity contribution in [3.63, 3.8) is 0 Å². The fourth-order valence-electron chi connectivity index (χ4n) is 1.87. The van der Waals surface area contributed by atoms with E-state index in [0.29, 0.717) is 0 Å². The lowest BCUT2D eigenvalue weighted by atomic mass is 9.90. The van der Waals surface area contributed by atoms with Crippen LogP contribution in [-0.4, -0.2) is 29.6 Å². The molecule has 0 aromatic heterocycles. The Kier molecular flexibility index (Phi) is 6.50. The number of ether oxygens (including phenoxy) is 1. The van der Waals surface area contributed by atoms with Crippen LogP contribution in [0.4, 0.5) is 0 Å². The minimum atomic E-state index is -0.217. The summed E-state index contributed by atoms with van der Waals surface area (Å²) in [5.74, 6) is 0.840. The highest BCUT2D eigenvalue weighted by Crippen LogP contribution is 2.23. The Morgan fingerprint density at radius 3 is 2.62 bits per heavy atom. The van der Waals surface area contributed by atoms with Gasteiger partial charge in [-0.2, -0.15) is 0 Å². The van der Waals surface area contributed by atoms with E-state index in [9.17, 15) is 0 Å². The molecule has 1 fully saturated rings. The highest BCUT2D eigenvalue weighted by Gasteiger charge is 2.12. The third kappa shape index (κ3) is 5.44. The van der Waals surface area contributed by atoms with Gasteiger partial charge in [-0.1, -0.05) is 25.8 Å². The van der Waals surface area contributed by atoms with Crippen molar-refractivity contribution < 1.29 is 9.16 Å². The minimum Gasteiger partial charge on any atom is -0.422 e. The standard InChI is InChI=1S/C10H22O2Si/c1-13-12-8-7-11-9-10-5-3-2-4-6-10/h10H,2-9,13H2,1H3. The second-order valence-electron chi connectivity index (χ2n) is 3.78.